The van der Waals surface area contributed by atoms with Crippen molar-refractivity contribution in [2.45, 2.75) is 89.4 Å². The summed E-state index contributed by atoms with van der Waals surface area (Å²) in [5.41, 5.74) is 0. The second-order valence-electron chi connectivity index (χ2n) is 6.20. The number of ether oxygens (including phenoxy) is 1. The maximum atomic E-state index is 13.5. The van der Waals surface area contributed by atoms with Crippen LogP contribution in [0.15, 0.2) is 0 Å². The highest BCUT2D eigenvalue weighted by molar-refractivity contribution is 4.67. The van der Waals surface area contributed by atoms with Crippen LogP contribution in [0.5, 0.6) is 0 Å². The Bertz CT molecular complexity index is 230. The van der Waals surface area contributed by atoms with Gasteiger partial charge in [-0.1, -0.05) is 64.2 Å². The summed E-state index contributed by atoms with van der Waals surface area (Å²) >= 11 is 0. The van der Waals surface area contributed by atoms with Crippen LogP contribution >= 0.6 is 0 Å². The lowest BCUT2D eigenvalue weighted by Crippen LogP contribution is -2.23. The number of hydrogen-bond donors (Lipinski definition) is 1. The van der Waals surface area contributed by atoms with Gasteiger partial charge in [0.25, 0.3) is 0 Å². The van der Waals surface area contributed by atoms with Crippen LogP contribution in [-0.4, -0.2) is 43.9 Å². The van der Waals surface area contributed by atoms with Gasteiger partial charge in [0.05, 0.1) is 26.5 Å². The fraction of sp³-hybridized carbons (Fsp3) is 1.00. The smallest absolute Gasteiger partial charge is 0.154 e. The molecule has 0 bridgehead atoms. The normalized spacial score (nSPS) is 14.1. The number of halogens is 3. The van der Waals surface area contributed by atoms with Crippen molar-refractivity contribution >= 4 is 0 Å². The zero-order chi connectivity index (χ0) is 17.2. The van der Waals surface area contributed by atoms with Crippen molar-refractivity contribution in [3.05, 3.63) is 0 Å². The molecule has 0 amide bonds. The SMILES string of the molecule is OCCOCC(F)C(F)CCCCCCCCCCCCCF. The predicted octanol–water partition coefficient (Wildman–Crippen LogP) is 5.32. The number of aliphatic hydroxyl groups excluding tert-OH is 1. The van der Waals surface area contributed by atoms with E-state index >= 15 is 0 Å². The molecule has 0 aliphatic rings. The topological polar surface area (TPSA) is 29.5 Å². The molecule has 0 radical (unpaired) electrons. The van der Waals surface area contributed by atoms with Crippen molar-refractivity contribution < 1.29 is 23.0 Å². The molecule has 5 heteroatoms. The number of unbranched alkanes of at least 4 members (excludes halogenated alkanes) is 10. The summed E-state index contributed by atoms with van der Waals surface area (Å²) in [6.07, 6.45) is 8.75. The number of hydrogen-bond acceptors (Lipinski definition) is 2. The fourth-order valence-corrected chi connectivity index (χ4v) is 2.57. The Labute approximate surface area is 139 Å². The molecule has 2 nitrogen and oxygen atoms in total. The van der Waals surface area contributed by atoms with Crippen molar-refractivity contribution in [3.63, 3.8) is 0 Å². The second kappa shape index (κ2) is 18.1. The van der Waals surface area contributed by atoms with E-state index in [4.69, 9.17) is 9.84 Å². The van der Waals surface area contributed by atoms with Gasteiger partial charge < -0.3 is 9.84 Å². The molecule has 0 rings (SSSR count). The highest BCUT2D eigenvalue weighted by Crippen LogP contribution is 2.16. The second-order valence-corrected chi connectivity index (χ2v) is 6.20. The van der Waals surface area contributed by atoms with E-state index in [-0.39, 0.29) is 32.9 Å². The first-order valence-corrected chi connectivity index (χ1v) is 9.25. The Morgan fingerprint density at radius 1 is 0.696 bits per heavy atom. The van der Waals surface area contributed by atoms with Crippen LogP contribution in [0.2, 0.25) is 0 Å². The molecule has 2 unspecified atom stereocenters. The van der Waals surface area contributed by atoms with Gasteiger partial charge >= 0.3 is 0 Å². The van der Waals surface area contributed by atoms with Crippen LogP contribution in [-0.2, 0) is 4.74 Å². The summed E-state index contributed by atoms with van der Waals surface area (Å²) < 4.78 is 43.5. The van der Waals surface area contributed by atoms with Gasteiger partial charge in [0.2, 0.25) is 0 Å². The van der Waals surface area contributed by atoms with E-state index < -0.39 is 12.3 Å². The first kappa shape index (κ1) is 22.7. The van der Waals surface area contributed by atoms with Crippen LogP contribution in [0, 0.1) is 0 Å². The molecule has 1 N–H and O–H groups in total. The van der Waals surface area contributed by atoms with Crippen LogP contribution in [0.3, 0.4) is 0 Å². The predicted molar refractivity (Wildman–Crippen MR) is 89.1 cm³/mol. The van der Waals surface area contributed by atoms with Crippen LogP contribution in [0.4, 0.5) is 13.2 Å². The van der Waals surface area contributed by atoms with Gasteiger partial charge in [-0.25, -0.2) is 8.78 Å². The number of alkyl halides is 3. The van der Waals surface area contributed by atoms with E-state index in [1.807, 2.05) is 0 Å². The molecule has 0 aliphatic heterocycles. The lowest BCUT2D eigenvalue weighted by atomic mass is 10.0. The highest BCUT2D eigenvalue weighted by atomic mass is 19.2. The lowest BCUT2D eigenvalue weighted by molar-refractivity contribution is 0.0234. The molecule has 2 atom stereocenters. The zero-order valence-electron chi connectivity index (χ0n) is 14.5. The number of rotatable bonds is 18. The Balaban J connectivity index is 3.22. The zero-order valence-corrected chi connectivity index (χ0v) is 14.5. The van der Waals surface area contributed by atoms with E-state index in [1.54, 1.807) is 0 Å². The lowest BCUT2D eigenvalue weighted by Gasteiger charge is -2.13. The van der Waals surface area contributed by atoms with Crippen LogP contribution < -0.4 is 0 Å². The minimum atomic E-state index is -1.58. The molecule has 0 fully saturated rings. The third-order valence-electron chi connectivity index (χ3n) is 4.02. The maximum Gasteiger partial charge on any atom is 0.154 e. The molecule has 0 aromatic rings. The van der Waals surface area contributed by atoms with E-state index in [0.717, 1.165) is 32.1 Å². The van der Waals surface area contributed by atoms with Gasteiger partial charge in [0.15, 0.2) is 6.17 Å². The molecule has 0 saturated heterocycles. The first-order chi connectivity index (χ1) is 11.2. The summed E-state index contributed by atoms with van der Waals surface area (Å²) in [6.45, 7) is -0.573. The first-order valence-electron chi connectivity index (χ1n) is 9.25. The van der Waals surface area contributed by atoms with Crippen LogP contribution in [0.1, 0.15) is 77.0 Å². The largest absolute Gasteiger partial charge is 0.394 e. The number of aliphatic hydroxyl groups is 1. The van der Waals surface area contributed by atoms with Crippen molar-refractivity contribution in [2.24, 2.45) is 0 Å². The molecule has 0 saturated carbocycles. The molecule has 140 valence electrons. The van der Waals surface area contributed by atoms with E-state index in [0.29, 0.717) is 12.8 Å². The summed E-state index contributed by atoms with van der Waals surface area (Å²) in [7, 11) is 0. The summed E-state index contributed by atoms with van der Waals surface area (Å²) in [5.74, 6) is 0. The van der Waals surface area contributed by atoms with Gasteiger partial charge in [-0.05, 0) is 12.8 Å². The average molecular weight is 340 g/mol. The third kappa shape index (κ3) is 16.4. The van der Waals surface area contributed by atoms with Crippen molar-refractivity contribution in [1.82, 2.24) is 0 Å². The molecule has 0 heterocycles. The fourth-order valence-electron chi connectivity index (χ4n) is 2.57. The molecule has 0 aromatic heterocycles. The minimum absolute atomic E-state index is 0.0585. The summed E-state index contributed by atoms with van der Waals surface area (Å²) in [6, 6.07) is 0. The minimum Gasteiger partial charge on any atom is -0.394 e. The van der Waals surface area contributed by atoms with E-state index in [1.165, 1.54) is 25.7 Å². The molecule has 0 spiro atoms. The average Bonchev–Trinajstić information content (AvgIpc) is 2.55. The molecular weight excluding hydrogens is 305 g/mol. The Hall–Kier alpha value is -0.290. The van der Waals surface area contributed by atoms with E-state index in [9.17, 15) is 13.2 Å². The van der Waals surface area contributed by atoms with Gasteiger partial charge in [-0.3, -0.25) is 4.39 Å². The Kier molecular flexibility index (Phi) is 17.8. The van der Waals surface area contributed by atoms with Gasteiger partial charge in [0.1, 0.15) is 6.17 Å². The summed E-state index contributed by atoms with van der Waals surface area (Å²) in [4.78, 5) is 0. The van der Waals surface area contributed by atoms with Crippen LogP contribution in [0.25, 0.3) is 0 Å². The van der Waals surface area contributed by atoms with Crippen molar-refractivity contribution in [3.8, 4) is 0 Å². The Morgan fingerprint density at radius 2 is 1.17 bits per heavy atom. The monoisotopic (exact) mass is 340 g/mol. The van der Waals surface area contributed by atoms with Gasteiger partial charge in [0, 0.05) is 0 Å². The van der Waals surface area contributed by atoms with Gasteiger partial charge in [-0.2, -0.15) is 0 Å². The molecular formula is C18H35F3O2. The highest BCUT2D eigenvalue weighted by Gasteiger charge is 2.19. The Morgan fingerprint density at radius 3 is 1.65 bits per heavy atom. The van der Waals surface area contributed by atoms with Gasteiger partial charge in [-0.15, -0.1) is 0 Å². The van der Waals surface area contributed by atoms with Crippen molar-refractivity contribution in [1.29, 1.82) is 0 Å². The third-order valence-corrected chi connectivity index (χ3v) is 4.02. The quantitative estimate of drug-likeness (QED) is 0.342. The van der Waals surface area contributed by atoms with E-state index in [2.05, 4.69) is 0 Å². The van der Waals surface area contributed by atoms with Crippen molar-refractivity contribution in [2.75, 3.05) is 26.5 Å². The molecule has 0 aliphatic carbocycles. The maximum absolute atomic E-state index is 13.5. The molecule has 23 heavy (non-hydrogen) atoms. The summed E-state index contributed by atoms with van der Waals surface area (Å²) in [5, 5.41) is 8.49. The molecule has 0 aromatic carbocycles. The standard InChI is InChI=1S/C18H35F3O2/c19-13-11-9-7-5-3-1-2-4-6-8-10-12-17(20)18(21)16-23-15-14-22/h17-18,22H,1-16H2.